The van der Waals surface area contributed by atoms with Gasteiger partial charge in [0, 0.05) is 0 Å². The van der Waals surface area contributed by atoms with E-state index in [0.717, 1.165) is 18.0 Å². The van der Waals surface area contributed by atoms with Crippen molar-refractivity contribution in [2.24, 2.45) is 0 Å². The molecule has 1 aromatic heterocycles. The SMILES string of the molecule is COc1cccc(OC)c1SNc1noc2ccc(OC(F)(F)F)cc12. The molecule has 0 aliphatic rings. The highest BCUT2D eigenvalue weighted by Gasteiger charge is 2.31. The smallest absolute Gasteiger partial charge is 0.495 e. The number of hydrogen-bond donors (Lipinski definition) is 1. The van der Waals surface area contributed by atoms with E-state index < -0.39 is 6.36 Å². The number of aromatic nitrogens is 1. The zero-order valence-corrected chi connectivity index (χ0v) is 14.4. The maximum Gasteiger partial charge on any atom is 0.573 e. The van der Waals surface area contributed by atoms with Gasteiger partial charge in [0.15, 0.2) is 11.4 Å². The summed E-state index contributed by atoms with van der Waals surface area (Å²) < 4.78 is 59.7. The van der Waals surface area contributed by atoms with Gasteiger partial charge in [0.25, 0.3) is 0 Å². The van der Waals surface area contributed by atoms with Crippen LogP contribution in [0.2, 0.25) is 0 Å². The first kappa shape index (κ1) is 18.1. The minimum atomic E-state index is -4.78. The first-order chi connectivity index (χ1) is 12.4. The summed E-state index contributed by atoms with van der Waals surface area (Å²) in [6.45, 7) is 0. The van der Waals surface area contributed by atoms with Gasteiger partial charge in [0.2, 0.25) is 0 Å². The van der Waals surface area contributed by atoms with Crippen molar-refractivity contribution >= 4 is 28.7 Å². The van der Waals surface area contributed by atoms with E-state index in [0.29, 0.717) is 27.4 Å². The topological polar surface area (TPSA) is 65.8 Å². The fourth-order valence-electron chi connectivity index (χ4n) is 2.21. The van der Waals surface area contributed by atoms with Crippen LogP contribution in [-0.4, -0.2) is 25.7 Å². The van der Waals surface area contributed by atoms with Crippen LogP contribution >= 0.6 is 11.9 Å². The Morgan fingerprint density at radius 2 is 1.77 bits per heavy atom. The predicted molar refractivity (Wildman–Crippen MR) is 89.7 cm³/mol. The van der Waals surface area contributed by atoms with E-state index in [1.54, 1.807) is 18.2 Å². The standard InChI is InChI=1S/C16H13F3N2O4S/c1-22-12-4-3-5-13(23-2)14(12)26-21-15-10-8-9(24-16(17,18)19)6-7-11(10)25-20-15/h3-8H,1-2H3,(H,20,21). The third-order valence-corrected chi connectivity index (χ3v) is 4.21. The molecule has 0 unspecified atom stereocenters. The maximum absolute atomic E-state index is 12.4. The molecule has 0 radical (unpaired) electrons. The summed E-state index contributed by atoms with van der Waals surface area (Å²) in [5, 5.41) is 4.17. The molecule has 1 heterocycles. The molecule has 10 heteroatoms. The second kappa shape index (κ2) is 7.24. The summed E-state index contributed by atoms with van der Waals surface area (Å²) in [7, 11) is 3.04. The average molecular weight is 386 g/mol. The van der Waals surface area contributed by atoms with Gasteiger partial charge in [-0.3, -0.25) is 0 Å². The summed E-state index contributed by atoms with van der Waals surface area (Å²) in [5.41, 5.74) is 0.314. The molecule has 0 amide bonds. The van der Waals surface area contributed by atoms with E-state index in [-0.39, 0.29) is 11.6 Å². The number of rotatable bonds is 6. The molecule has 26 heavy (non-hydrogen) atoms. The van der Waals surface area contributed by atoms with Crippen LogP contribution in [0.25, 0.3) is 11.0 Å². The Kier molecular flexibility index (Phi) is 5.03. The van der Waals surface area contributed by atoms with E-state index in [1.165, 1.54) is 26.4 Å². The molecule has 6 nitrogen and oxygen atoms in total. The van der Waals surface area contributed by atoms with Gasteiger partial charge in [-0.05, 0) is 42.3 Å². The molecule has 138 valence electrons. The fourth-order valence-corrected chi connectivity index (χ4v) is 3.06. The quantitative estimate of drug-likeness (QED) is 0.607. The molecule has 0 atom stereocenters. The van der Waals surface area contributed by atoms with Crippen molar-refractivity contribution in [2.75, 3.05) is 18.9 Å². The number of anilines is 1. The van der Waals surface area contributed by atoms with Crippen LogP contribution in [0.15, 0.2) is 45.8 Å². The number of halogens is 3. The molecule has 0 saturated carbocycles. The van der Waals surface area contributed by atoms with Gasteiger partial charge in [0.1, 0.15) is 22.1 Å². The third kappa shape index (κ3) is 3.90. The number of alkyl halides is 3. The molecule has 0 bridgehead atoms. The lowest BCUT2D eigenvalue weighted by Gasteiger charge is -2.12. The monoisotopic (exact) mass is 386 g/mol. The van der Waals surface area contributed by atoms with Crippen LogP contribution in [0.1, 0.15) is 0 Å². The van der Waals surface area contributed by atoms with Crippen molar-refractivity contribution in [1.29, 1.82) is 0 Å². The predicted octanol–water partition coefficient (Wildman–Crippen LogP) is 4.86. The van der Waals surface area contributed by atoms with Crippen LogP contribution in [0.4, 0.5) is 19.0 Å². The van der Waals surface area contributed by atoms with Gasteiger partial charge in [0.05, 0.1) is 19.6 Å². The fraction of sp³-hybridized carbons (Fsp3) is 0.188. The molecule has 1 N–H and O–H groups in total. The van der Waals surface area contributed by atoms with Gasteiger partial charge in [-0.2, -0.15) is 0 Å². The largest absolute Gasteiger partial charge is 0.573 e. The molecule has 0 aliphatic carbocycles. The van der Waals surface area contributed by atoms with E-state index in [1.807, 2.05) is 0 Å². The van der Waals surface area contributed by atoms with E-state index in [9.17, 15) is 13.2 Å². The summed E-state index contributed by atoms with van der Waals surface area (Å²) in [5.74, 6) is 1.01. The van der Waals surface area contributed by atoms with Crippen molar-refractivity contribution in [3.63, 3.8) is 0 Å². The molecule has 3 aromatic rings. The molecule has 0 fully saturated rings. The Balaban J connectivity index is 1.87. The molecular formula is C16H13F3N2O4S. The number of nitrogens with one attached hydrogen (secondary N) is 1. The highest BCUT2D eigenvalue weighted by molar-refractivity contribution is 8.00. The lowest BCUT2D eigenvalue weighted by atomic mass is 10.2. The highest BCUT2D eigenvalue weighted by Crippen LogP contribution is 2.39. The minimum absolute atomic E-state index is 0.241. The highest BCUT2D eigenvalue weighted by atomic mass is 32.2. The van der Waals surface area contributed by atoms with Crippen LogP contribution in [-0.2, 0) is 0 Å². The third-order valence-electron chi connectivity index (χ3n) is 3.31. The van der Waals surface area contributed by atoms with E-state index in [4.69, 9.17) is 14.0 Å². The van der Waals surface area contributed by atoms with Gasteiger partial charge >= 0.3 is 6.36 Å². The number of nitrogens with zero attached hydrogens (tertiary/aromatic N) is 1. The summed E-state index contributed by atoms with van der Waals surface area (Å²) in [6, 6.07) is 8.98. The Morgan fingerprint density at radius 1 is 1.08 bits per heavy atom. The van der Waals surface area contributed by atoms with Crippen molar-refractivity contribution < 1.29 is 31.9 Å². The van der Waals surface area contributed by atoms with Gasteiger partial charge in [-0.1, -0.05) is 11.2 Å². The number of methoxy groups -OCH3 is 2. The van der Waals surface area contributed by atoms with Crippen LogP contribution in [0.3, 0.4) is 0 Å². The number of benzene rings is 2. The van der Waals surface area contributed by atoms with Crippen molar-refractivity contribution in [3.8, 4) is 17.2 Å². The molecule has 3 rings (SSSR count). The Hall–Kier alpha value is -2.75. The lowest BCUT2D eigenvalue weighted by molar-refractivity contribution is -0.274. The van der Waals surface area contributed by atoms with Crippen LogP contribution in [0, 0.1) is 0 Å². The van der Waals surface area contributed by atoms with Crippen molar-refractivity contribution in [1.82, 2.24) is 5.16 Å². The first-order valence-electron chi connectivity index (χ1n) is 7.20. The van der Waals surface area contributed by atoms with Crippen LogP contribution in [0.5, 0.6) is 17.2 Å². The molecule has 0 spiro atoms. The molecule has 0 aliphatic heterocycles. The summed E-state index contributed by atoms with van der Waals surface area (Å²) >= 11 is 1.13. The average Bonchev–Trinajstić information content (AvgIpc) is 3.00. The minimum Gasteiger partial charge on any atom is -0.495 e. The van der Waals surface area contributed by atoms with E-state index >= 15 is 0 Å². The maximum atomic E-state index is 12.4. The first-order valence-corrected chi connectivity index (χ1v) is 8.02. The van der Waals surface area contributed by atoms with Gasteiger partial charge in [-0.15, -0.1) is 13.2 Å². The van der Waals surface area contributed by atoms with Crippen LogP contribution < -0.4 is 18.9 Å². The number of hydrogen-bond acceptors (Lipinski definition) is 7. The zero-order valence-electron chi connectivity index (χ0n) is 13.6. The van der Waals surface area contributed by atoms with Gasteiger partial charge < -0.3 is 23.5 Å². The second-order valence-corrected chi connectivity index (χ2v) is 5.75. The Labute approximate surface area is 150 Å². The second-order valence-electron chi connectivity index (χ2n) is 4.93. The normalized spacial score (nSPS) is 11.4. The number of fused-ring (bicyclic) bond motifs is 1. The zero-order chi connectivity index (χ0) is 18.7. The summed E-state index contributed by atoms with van der Waals surface area (Å²) in [4.78, 5) is 0.649. The summed E-state index contributed by atoms with van der Waals surface area (Å²) in [6.07, 6.45) is -4.78. The Morgan fingerprint density at radius 3 is 2.38 bits per heavy atom. The van der Waals surface area contributed by atoms with E-state index in [2.05, 4.69) is 14.6 Å². The lowest BCUT2D eigenvalue weighted by Crippen LogP contribution is -2.16. The Bertz CT molecular complexity index is 892. The molecule has 2 aromatic carbocycles. The van der Waals surface area contributed by atoms with Crippen molar-refractivity contribution in [2.45, 2.75) is 11.3 Å². The number of ether oxygens (including phenoxy) is 3. The molecular weight excluding hydrogens is 373 g/mol. The van der Waals surface area contributed by atoms with Gasteiger partial charge in [-0.25, -0.2) is 0 Å². The molecule has 0 saturated heterocycles. The van der Waals surface area contributed by atoms with Crippen molar-refractivity contribution in [3.05, 3.63) is 36.4 Å².